The van der Waals surface area contributed by atoms with Gasteiger partial charge in [-0.1, -0.05) is 0 Å². The van der Waals surface area contributed by atoms with Crippen LogP contribution in [0.25, 0.3) is 0 Å². The van der Waals surface area contributed by atoms with Gasteiger partial charge in [0.15, 0.2) is 0 Å². The summed E-state index contributed by atoms with van der Waals surface area (Å²) in [5.41, 5.74) is 7.02. The number of nitrogens with two attached hydrogens (primary N) is 2. The first-order chi connectivity index (χ1) is 5.65. The molecule has 5 N–H and O–H groups in total. The molecule has 0 bridgehead atoms. The molecule has 1 heterocycles. The van der Waals surface area contributed by atoms with Crippen LogP contribution < -0.4 is 17.0 Å². The minimum Gasteiger partial charge on any atom is -0.383 e. The summed E-state index contributed by atoms with van der Waals surface area (Å²) in [7, 11) is 0. The summed E-state index contributed by atoms with van der Waals surface area (Å²) in [5, 5.41) is 0. The Hall–Kier alpha value is -1.69. The van der Waals surface area contributed by atoms with Gasteiger partial charge < -0.3 is 5.73 Å². The van der Waals surface area contributed by atoms with Crippen molar-refractivity contribution in [1.29, 1.82) is 0 Å². The lowest BCUT2D eigenvalue weighted by Gasteiger charge is -2.01. The van der Waals surface area contributed by atoms with Crippen molar-refractivity contribution in [1.82, 2.24) is 10.4 Å². The van der Waals surface area contributed by atoms with Crippen LogP contribution in [-0.4, -0.2) is 10.9 Å². The molecule has 1 aromatic rings. The van der Waals surface area contributed by atoms with E-state index in [4.69, 9.17) is 11.6 Å². The molecule has 0 aliphatic carbocycles. The second-order valence-electron chi connectivity index (χ2n) is 2.06. The predicted octanol–water partition coefficient (Wildman–Crippen LogP) is -0.594. The van der Waals surface area contributed by atoms with E-state index < -0.39 is 11.7 Å². The van der Waals surface area contributed by atoms with Crippen molar-refractivity contribution in [3.05, 3.63) is 23.6 Å². The van der Waals surface area contributed by atoms with Crippen LogP contribution in [0.3, 0.4) is 0 Å². The minimum absolute atomic E-state index is 0.0562. The number of nitrogens with zero attached hydrogens (tertiary/aromatic N) is 1. The molecule has 6 heteroatoms. The quantitative estimate of drug-likeness (QED) is 0.298. The number of carbonyl (C=O) groups excluding carboxylic acids is 1. The highest BCUT2D eigenvalue weighted by molar-refractivity contribution is 5.97. The molecular formula is C6H7FN4O. The summed E-state index contributed by atoms with van der Waals surface area (Å²) in [6.45, 7) is 0. The van der Waals surface area contributed by atoms with Gasteiger partial charge in [-0.25, -0.2) is 15.2 Å². The number of aromatic nitrogens is 1. The fourth-order valence-corrected chi connectivity index (χ4v) is 0.709. The molecule has 0 radical (unpaired) electrons. The average Bonchev–Trinajstić information content (AvgIpc) is 2.08. The minimum atomic E-state index is -0.667. The first kappa shape index (κ1) is 8.41. The van der Waals surface area contributed by atoms with Crippen molar-refractivity contribution >= 4 is 11.7 Å². The van der Waals surface area contributed by atoms with Crippen molar-refractivity contribution in [2.75, 3.05) is 5.73 Å². The van der Waals surface area contributed by atoms with E-state index in [0.717, 1.165) is 12.3 Å². The van der Waals surface area contributed by atoms with Gasteiger partial charge in [0.25, 0.3) is 5.91 Å². The summed E-state index contributed by atoms with van der Waals surface area (Å²) < 4.78 is 12.5. The van der Waals surface area contributed by atoms with Crippen molar-refractivity contribution in [3.8, 4) is 0 Å². The number of pyridine rings is 1. The van der Waals surface area contributed by atoms with Gasteiger partial charge in [0.2, 0.25) is 0 Å². The van der Waals surface area contributed by atoms with E-state index >= 15 is 0 Å². The van der Waals surface area contributed by atoms with Crippen molar-refractivity contribution in [2.24, 2.45) is 5.84 Å². The van der Waals surface area contributed by atoms with Crippen molar-refractivity contribution < 1.29 is 9.18 Å². The monoisotopic (exact) mass is 170 g/mol. The third kappa shape index (κ3) is 1.48. The fraction of sp³-hybridized carbons (Fsp3) is 0. The molecule has 1 amide bonds. The molecule has 5 nitrogen and oxygen atoms in total. The maximum atomic E-state index is 12.5. The maximum Gasteiger partial charge on any atom is 0.269 e. The number of anilines is 1. The number of hydrazine groups is 1. The van der Waals surface area contributed by atoms with Crippen LogP contribution in [0.15, 0.2) is 12.3 Å². The van der Waals surface area contributed by atoms with Gasteiger partial charge in [-0.2, -0.15) is 0 Å². The molecular weight excluding hydrogens is 163 g/mol. The van der Waals surface area contributed by atoms with Gasteiger partial charge >= 0.3 is 0 Å². The number of rotatable bonds is 1. The lowest BCUT2D eigenvalue weighted by Crippen LogP contribution is -2.30. The second kappa shape index (κ2) is 3.14. The number of nitrogen functional groups attached to an aromatic ring is 2. The molecule has 1 rings (SSSR count). The van der Waals surface area contributed by atoms with E-state index in [1.165, 1.54) is 0 Å². The lowest BCUT2D eigenvalue weighted by atomic mass is 10.2. The van der Waals surface area contributed by atoms with Crippen LogP contribution in [0.1, 0.15) is 10.4 Å². The Balaban J connectivity index is 3.13. The molecule has 0 saturated carbocycles. The molecule has 0 spiro atoms. The van der Waals surface area contributed by atoms with Gasteiger partial charge in [-0.05, 0) is 6.07 Å². The molecule has 0 saturated heterocycles. The molecule has 12 heavy (non-hydrogen) atoms. The molecule has 0 atom stereocenters. The Bertz CT molecular complexity index is 314. The van der Waals surface area contributed by atoms with Crippen LogP contribution in [0.2, 0.25) is 0 Å². The zero-order chi connectivity index (χ0) is 9.14. The van der Waals surface area contributed by atoms with Gasteiger partial charge in [-0.3, -0.25) is 10.2 Å². The predicted molar refractivity (Wildman–Crippen MR) is 40.3 cm³/mol. The van der Waals surface area contributed by atoms with Crippen LogP contribution in [0, 0.1) is 5.82 Å². The highest BCUT2D eigenvalue weighted by Crippen LogP contribution is 2.08. The van der Waals surface area contributed by atoms with Crippen LogP contribution in [0.4, 0.5) is 10.2 Å². The smallest absolute Gasteiger partial charge is 0.269 e. The van der Waals surface area contributed by atoms with Crippen molar-refractivity contribution in [3.63, 3.8) is 0 Å². The van der Waals surface area contributed by atoms with E-state index in [-0.39, 0.29) is 11.4 Å². The molecule has 0 aliphatic rings. The van der Waals surface area contributed by atoms with Crippen molar-refractivity contribution in [2.45, 2.75) is 0 Å². The summed E-state index contributed by atoms with van der Waals surface area (Å²) in [6.07, 6.45) is 0.919. The summed E-state index contributed by atoms with van der Waals surface area (Å²) in [5.74, 6) is 3.46. The molecule has 1 aromatic heterocycles. The van der Waals surface area contributed by atoms with E-state index in [1.807, 2.05) is 5.43 Å². The molecule has 64 valence electrons. The SMILES string of the molecule is NNC(=O)c1cc(F)cnc1N. The lowest BCUT2D eigenvalue weighted by molar-refractivity contribution is 0.0954. The molecule has 0 aromatic carbocycles. The highest BCUT2D eigenvalue weighted by Gasteiger charge is 2.09. The number of nitrogens with one attached hydrogen (secondary N) is 1. The second-order valence-corrected chi connectivity index (χ2v) is 2.06. The normalized spacial score (nSPS) is 9.50. The topological polar surface area (TPSA) is 94.0 Å². The molecule has 0 fully saturated rings. The van der Waals surface area contributed by atoms with Gasteiger partial charge in [-0.15, -0.1) is 0 Å². The Morgan fingerprint density at radius 3 is 2.92 bits per heavy atom. The van der Waals surface area contributed by atoms with E-state index in [2.05, 4.69) is 4.98 Å². The number of amides is 1. The Morgan fingerprint density at radius 2 is 2.33 bits per heavy atom. The fourth-order valence-electron chi connectivity index (χ4n) is 0.709. The Labute approximate surface area is 67.5 Å². The number of halogens is 1. The Kier molecular flexibility index (Phi) is 2.20. The third-order valence-electron chi connectivity index (χ3n) is 1.26. The third-order valence-corrected chi connectivity index (χ3v) is 1.26. The summed E-state index contributed by atoms with van der Waals surface area (Å²) in [4.78, 5) is 14.3. The van der Waals surface area contributed by atoms with Gasteiger partial charge in [0.05, 0.1) is 11.8 Å². The largest absolute Gasteiger partial charge is 0.383 e. The van der Waals surface area contributed by atoms with Gasteiger partial charge in [0.1, 0.15) is 11.6 Å². The Morgan fingerprint density at radius 1 is 1.67 bits per heavy atom. The number of carbonyl (C=O) groups is 1. The highest BCUT2D eigenvalue weighted by atomic mass is 19.1. The zero-order valence-corrected chi connectivity index (χ0v) is 6.04. The van der Waals surface area contributed by atoms with Crippen LogP contribution in [0.5, 0.6) is 0 Å². The van der Waals surface area contributed by atoms with E-state index in [0.29, 0.717) is 0 Å². The zero-order valence-electron chi connectivity index (χ0n) is 6.04. The van der Waals surface area contributed by atoms with Gasteiger partial charge in [0, 0.05) is 0 Å². The molecule has 0 aliphatic heterocycles. The first-order valence-electron chi connectivity index (χ1n) is 3.07. The number of hydrogen-bond donors (Lipinski definition) is 3. The number of hydrogen-bond acceptors (Lipinski definition) is 4. The van der Waals surface area contributed by atoms with E-state index in [9.17, 15) is 9.18 Å². The standard InChI is InChI=1S/C6H7FN4O/c7-3-1-4(6(12)11-9)5(8)10-2-3/h1-2H,9H2,(H2,8,10)(H,11,12). The summed E-state index contributed by atoms with van der Waals surface area (Å²) >= 11 is 0. The van der Waals surface area contributed by atoms with E-state index in [1.54, 1.807) is 0 Å². The molecule has 0 unspecified atom stereocenters. The first-order valence-corrected chi connectivity index (χ1v) is 3.07. The summed E-state index contributed by atoms with van der Waals surface area (Å²) in [6, 6.07) is 0.963. The average molecular weight is 170 g/mol. The van der Waals surface area contributed by atoms with Crippen LogP contribution >= 0.6 is 0 Å². The maximum absolute atomic E-state index is 12.5. The van der Waals surface area contributed by atoms with Crippen LogP contribution in [-0.2, 0) is 0 Å².